The number of nitrogens with one attached hydrogen (secondary N) is 1. The first-order valence-corrected chi connectivity index (χ1v) is 6.53. The van der Waals surface area contributed by atoms with E-state index in [1.165, 1.54) is 36.8 Å². The van der Waals surface area contributed by atoms with Crippen LogP contribution in [0.2, 0.25) is 0 Å². The summed E-state index contributed by atoms with van der Waals surface area (Å²) in [6.45, 7) is 2.33. The van der Waals surface area contributed by atoms with E-state index in [-0.39, 0.29) is 5.54 Å². The van der Waals surface area contributed by atoms with Gasteiger partial charge in [0.2, 0.25) is 0 Å². The number of benzene rings is 1. The SMILES string of the molecule is C[C@@]12CCCC[C@H]1c1ccccc1C(=S)N2. The van der Waals surface area contributed by atoms with Gasteiger partial charge in [-0.2, -0.15) is 0 Å². The third kappa shape index (κ3) is 1.40. The average molecular weight is 231 g/mol. The van der Waals surface area contributed by atoms with E-state index in [1.54, 1.807) is 0 Å². The maximum absolute atomic E-state index is 5.49. The van der Waals surface area contributed by atoms with Crippen LogP contribution in [0.25, 0.3) is 0 Å². The van der Waals surface area contributed by atoms with Crippen molar-refractivity contribution in [2.45, 2.75) is 44.1 Å². The van der Waals surface area contributed by atoms with Crippen molar-refractivity contribution in [3.8, 4) is 0 Å². The molecule has 0 bridgehead atoms. The highest BCUT2D eigenvalue weighted by Crippen LogP contribution is 2.44. The van der Waals surface area contributed by atoms with Crippen molar-refractivity contribution in [1.82, 2.24) is 5.32 Å². The highest BCUT2D eigenvalue weighted by atomic mass is 32.1. The summed E-state index contributed by atoms with van der Waals surface area (Å²) in [5.41, 5.74) is 2.92. The zero-order valence-corrected chi connectivity index (χ0v) is 10.4. The van der Waals surface area contributed by atoms with Gasteiger partial charge in [-0.1, -0.05) is 49.3 Å². The van der Waals surface area contributed by atoms with Gasteiger partial charge in [-0.15, -0.1) is 0 Å². The molecule has 2 atom stereocenters. The highest BCUT2D eigenvalue weighted by Gasteiger charge is 2.42. The molecule has 1 aliphatic heterocycles. The molecule has 0 spiro atoms. The fourth-order valence-corrected chi connectivity index (χ4v) is 3.74. The summed E-state index contributed by atoms with van der Waals surface area (Å²) in [6.07, 6.45) is 5.21. The van der Waals surface area contributed by atoms with Gasteiger partial charge in [0, 0.05) is 17.0 Å². The molecule has 0 saturated heterocycles. The molecule has 2 aliphatic rings. The maximum Gasteiger partial charge on any atom is 0.107 e. The van der Waals surface area contributed by atoms with E-state index in [0.29, 0.717) is 5.92 Å². The largest absolute Gasteiger partial charge is 0.370 e. The number of hydrogen-bond donors (Lipinski definition) is 1. The summed E-state index contributed by atoms with van der Waals surface area (Å²) in [4.78, 5) is 0.941. The van der Waals surface area contributed by atoms with Crippen LogP contribution in [0.3, 0.4) is 0 Å². The Morgan fingerprint density at radius 2 is 2.12 bits per heavy atom. The van der Waals surface area contributed by atoms with E-state index in [1.807, 2.05) is 0 Å². The van der Waals surface area contributed by atoms with Gasteiger partial charge >= 0.3 is 0 Å². The number of hydrogen-bond acceptors (Lipinski definition) is 1. The summed E-state index contributed by atoms with van der Waals surface area (Å²) in [5, 5.41) is 3.58. The van der Waals surface area contributed by atoms with E-state index in [9.17, 15) is 0 Å². The molecule has 1 aliphatic carbocycles. The molecule has 1 aromatic rings. The molecule has 1 fully saturated rings. The quantitative estimate of drug-likeness (QED) is 0.687. The lowest BCUT2D eigenvalue weighted by Gasteiger charge is -2.47. The Bertz CT molecular complexity index is 440. The number of fused-ring (bicyclic) bond motifs is 3. The Morgan fingerprint density at radius 1 is 1.31 bits per heavy atom. The van der Waals surface area contributed by atoms with Crippen molar-refractivity contribution in [1.29, 1.82) is 0 Å². The first-order chi connectivity index (χ1) is 7.71. The molecule has 1 saturated carbocycles. The van der Waals surface area contributed by atoms with Gasteiger partial charge in [0.15, 0.2) is 0 Å². The minimum absolute atomic E-state index is 0.198. The topological polar surface area (TPSA) is 12.0 Å². The van der Waals surface area contributed by atoms with Gasteiger partial charge in [-0.3, -0.25) is 0 Å². The van der Waals surface area contributed by atoms with Gasteiger partial charge in [0.25, 0.3) is 0 Å². The summed E-state index contributed by atoms with van der Waals surface area (Å²) in [6, 6.07) is 8.63. The zero-order chi connectivity index (χ0) is 11.2. The fraction of sp³-hybridized carbons (Fsp3) is 0.500. The highest BCUT2D eigenvalue weighted by molar-refractivity contribution is 7.80. The second-order valence-electron chi connectivity index (χ2n) is 5.26. The summed E-state index contributed by atoms with van der Waals surface area (Å²) >= 11 is 5.49. The predicted octanol–water partition coefficient (Wildman–Crippen LogP) is 3.38. The molecule has 0 aromatic heterocycles. The molecule has 3 rings (SSSR count). The predicted molar refractivity (Wildman–Crippen MR) is 70.9 cm³/mol. The molecule has 1 N–H and O–H groups in total. The van der Waals surface area contributed by atoms with Gasteiger partial charge < -0.3 is 5.32 Å². The third-order valence-electron chi connectivity index (χ3n) is 4.19. The molecule has 84 valence electrons. The molecular weight excluding hydrogens is 214 g/mol. The van der Waals surface area contributed by atoms with E-state index < -0.39 is 0 Å². The van der Waals surface area contributed by atoms with E-state index >= 15 is 0 Å². The van der Waals surface area contributed by atoms with Crippen LogP contribution in [0, 0.1) is 0 Å². The fourth-order valence-electron chi connectivity index (χ4n) is 3.32. The average Bonchev–Trinajstić information content (AvgIpc) is 2.28. The Morgan fingerprint density at radius 3 is 3.00 bits per heavy atom. The molecule has 0 radical (unpaired) electrons. The molecule has 1 heterocycles. The van der Waals surface area contributed by atoms with Crippen molar-refractivity contribution < 1.29 is 0 Å². The summed E-state index contributed by atoms with van der Waals surface area (Å²) < 4.78 is 0. The second-order valence-corrected chi connectivity index (χ2v) is 5.67. The number of rotatable bonds is 0. The van der Waals surface area contributed by atoms with Crippen LogP contribution < -0.4 is 5.32 Å². The van der Waals surface area contributed by atoms with E-state index in [4.69, 9.17) is 12.2 Å². The molecule has 16 heavy (non-hydrogen) atoms. The van der Waals surface area contributed by atoms with Crippen molar-refractivity contribution >= 4 is 17.2 Å². The second kappa shape index (κ2) is 3.56. The van der Waals surface area contributed by atoms with Crippen LogP contribution >= 0.6 is 12.2 Å². The molecule has 0 unspecified atom stereocenters. The van der Waals surface area contributed by atoms with Crippen molar-refractivity contribution in [2.24, 2.45) is 0 Å². The van der Waals surface area contributed by atoms with Crippen LogP contribution in [-0.4, -0.2) is 10.5 Å². The summed E-state index contributed by atoms with van der Waals surface area (Å²) in [7, 11) is 0. The Balaban J connectivity index is 2.13. The Labute approximate surface area is 102 Å². The third-order valence-corrected chi connectivity index (χ3v) is 4.51. The van der Waals surface area contributed by atoms with Gasteiger partial charge in [0.05, 0.1) is 0 Å². The van der Waals surface area contributed by atoms with Crippen LogP contribution in [0.15, 0.2) is 24.3 Å². The van der Waals surface area contributed by atoms with Gasteiger partial charge in [-0.25, -0.2) is 0 Å². The van der Waals surface area contributed by atoms with Crippen molar-refractivity contribution in [3.05, 3.63) is 35.4 Å². The standard InChI is InChI=1S/C14H17NS/c1-14-9-5-4-8-12(14)10-6-2-3-7-11(10)13(16)15-14/h2-3,6-7,12H,4-5,8-9H2,1H3,(H,15,16)/t12-,14+/m0/s1. The van der Waals surface area contributed by atoms with Crippen LogP contribution in [-0.2, 0) is 0 Å². The smallest absolute Gasteiger partial charge is 0.107 e. The lowest BCUT2D eigenvalue weighted by Crippen LogP contribution is -2.55. The monoisotopic (exact) mass is 231 g/mol. The van der Waals surface area contributed by atoms with Crippen molar-refractivity contribution in [3.63, 3.8) is 0 Å². The summed E-state index contributed by atoms with van der Waals surface area (Å²) in [5.74, 6) is 0.643. The molecule has 1 aromatic carbocycles. The Kier molecular flexibility index (Phi) is 2.28. The zero-order valence-electron chi connectivity index (χ0n) is 9.62. The van der Waals surface area contributed by atoms with Crippen LogP contribution in [0.4, 0.5) is 0 Å². The molecule has 0 amide bonds. The first kappa shape index (κ1) is 10.3. The van der Waals surface area contributed by atoms with Gasteiger partial charge in [-0.05, 0) is 25.3 Å². The Hall–Kier alpha value is -0.890. The lowest BCUT2D eigenvalue weighted by atomic mass is 9.67. The minimum Gasteiger partial charge on any atom is -0.370 e. The maximum atomic E-state index is 5.49. The normalized spacial score (nSPS) is 32.6. The van der Waals surface area contributed by atoms with E-state index in [2.05, 4.69) is 36.5 Å². The molecular formula is C14H17NS. The minimum atomic E-state index is 0.198. The van der Waals surface area contributed by atoms with E-state index in [0.717, 1.165) is 4.99 Å². The lowest BCUT2D eigenvalue weighted by molar-refractivity contribution is 0.241. The van der Waals surface area contributed by atoms with Crippen molar-refractivity contribution in [2.75, 3.05) is 0 Å². The first-order valence-electron chi connectivity index (χ1n) is 6.12. The van der Waals surface area contributed by atoms with Gasteiger partial charge in [0.1, 0.15) is 4.99 Å². The number of thiocarbonyl (C=S) groups is 1. The van der Waals surface area contributed by atoms with Crippen LogP contribution in [0.1, 0.15) is 49.7 Å². The molecule has 1 nitrogen and oxygen atoms in total. The molecule has 2 heteroatoms. The van der Waals surface area contributed by atoms with Crippen LogP contribution in [0.5, 0.6) is 0 Å².